The number of likely N-dealkylation sites (tertiary alicyclic amines) is 1. The van der Waals surface area contributed by atoms with Crippen molar-refractivity contribution in [3.63, 3.8) is 0 Å². The number of imide groups is 1. The third-order valence-corrected chi connectivity index (χ3v) is 5.56. The average Bonchev–Trinajstić information content (AvgIpc) is 3.34. The van der Waals surface area contributed by atoms with Gasteiger partial charge in [-0.3, -0.25) is 24.8 Å². The van der Waals surface area contributed by atoms with Crippen molar-refractivity contribution in [2.45, 2.75) is 44.3 Å². The number of nitrogens with zero attached hydrogens (tertiary/aromatic N) is 2. The summed E-state index contributed by atoms with van der Waals surface area (Å²) in [5, 5.41) is 2.62. The van der Waals surface area contributed by atoms with Gasteiger partial charge in [-0.15, -0.1) is 0 Å². The maximum absolute atomic E-state index is 12.5. The van der Waals surface area contributed by atoms with E-state index in [9.17, 15) is 14.4 Å². The molecular formula is C19H23N3O5. The lowest BCUT2D eigenvalue weighted by Crippen LogP contribution is -2.35. The Morgan fingerprint density at radius 1 is 1.11 bits per heavy atom. The number of aromatic nitrogens is 1. The molecule has 27 heavy (non-hydrogen) atoms. The lowest BCUT2D eigenvalue weighted by molar-refractivity contribution is -0.142. The van der Waals surface area contributed by atoms with Crippen molar-refractivity contribution in [2.75, 3.05) is 18.5 Å². The molecular weight excluding hydrogens is 350 g/mol. The molecule has 4 rings (SSSR count). The minimum absolute atomic E-state index is 0.0613. The Labute approximate surface area is 157 Å². The number of unbranched alkanes of at least 4 members (excludes halogenated alkanes) is 2. The van der Waals surface area contributed by atoms with E-state index in [2.05, 4.69) is 10.3 Å². The van der Waals surface area contributed by atoms with Crippen molar-refractivity contribution in [3.8, 4) is 0 Å². The van der Waals surface area contributed by atoms with Crippen molar-refractivity contribution in [1.82, 2.24) is 9.88 Å². The predicted octanol–water partition coefficient (Wildman–Crippen LogP) is 1.96. The van der Waals surface area contributed by atoms with E-state index in [1.54, 1.807) is 24.5 Å². The summed E-state index contributed by atoms with van der Waals surface area (Å²) >= 11 is 0. The van der Waals surface area contributed by atoms with Gasteiger partial charge in [-0.05, 0) is 44.2 Å². The monoisotopic (exact) mass is 373 g/mol. The number of nitrogens with one attached hydrogen (secondary N) is 1. The molecule has 8 nitrogen and oxygen atoms in total. The highest BCUT2D eigenvalue weighted by Gasteiger charge is 2.62. The number of pyridine rings is 1. The molecule has 4 unspecified atom stereocenters. The average molecular weight is 373 g/mol. The first-order valence-electron chi connectivity index (χ1n) is 9.49. The minimum atomic E-state index is -0.505. The molecule has 3 aliphatic rings. The number of carbonyl (C=O) groups is 3. The van der Waals surface area contributed by atoms with Crippen LogP contribution < -0.4 is 5.32 Å². The van der Waals surface area contributed by atoms with Gasteiger partial charge >= 0.3 is 6.09 Å². The number of anilines is 1. The summed E-state index contributed by atoms with van der Waals surface area (Å²) in [6.45, 7) is 0.732. The molecule has 1 aromatic rings. The van der Waals surface area contributed by atoms with Gasteiger partial charge in [0.15, 0.2) is 0 Å². The summed E-state index contributed by atoms with van der Waals surface area (Å²) in [5.41, 5.74) is 0.629. The van der Waals surface area contributed by atoms with E-state index in [0.717, 1.165) is 19.3 Å². The molecule has 0 saturated carbocycles. The van der Waals surface area contributed by atoms with Crippen LogP contribution in [0, 0.1) is 11.8 Å². The minimum Gasteiger partial charge on any atom is -0.449 e. The van der Waals surface area contributed by atoms with Gasteiger partial charge in [0.05, 0.1) is 30.7 Å². The molecule has 8 heteroatoms. The Morgan fingerprint density at radius 2 is 1.78 bits per heavy atom. The van der Waals surface area contributed by atoms with E-state index in [1.807, 2.05) is 0 Å². The van der Waals surface area contributed by atoms with E-state index in [0.29, 0.717) is 31.7 Å². The van der Waals surface area contributed by atoms with Crippen LogP contribution in [0.4, 0.5) is 10.5 Å². The van der Waals surface area contributed by atoms with E-state index in [-0.39, 0.29) is 35.9 Å². The fraction of sp³-hybridized carbons (Fsp3) is 0.579. The maximum atomic E-state index is 12.5. The second kappa shape index (κ2) is 7.64. The lowest BCUT2D eigenvalue weighted by Gasteiger charge is -2.17. The van der Waals surface area contributed by atoms with Gasteiger partial charge < -0.3 is 9.47 Å². The molecule has 1 aromatic heterocycles. The number of hydrogen-bond acceptors (Lipinski definition) is 6. The smallest absolute Gasteiger partial charge is 0.411 e. The number of ether oxygens (including phenoxy) is 2. The molecule has 0 aromatic carbocycles. The quantitative estimate of drug-likeness (QED) is 0.580. The highest BCUT2D eigenvalue weighted by molar-refractivity contribution is 6.06. The van der Waals surface area contributed by atoms with Crippen LogP contribution in [-0.2, 0) is 19.1 Å². The number of rotatable bonds is 7. The molecule has 3 saturated heterocycles. The van der Waals surface area contributed by atoms with E-state index in [4.69, 9.17) is 9.47 Å². The van der Waals surface area contributed by atoms with Gasteiger partial charge in [0, 0.05) is 24.6 Å². The molecule has 3 fully saturated rings. The van der Waals surface area contributed by atoms with Crippen LogP contribution in [0.2, 0.25) is 0 Å². The molecule has 0 radical (unpaired) electrons. The van der Waals surface area contributed by atoms with Crippen LogP contribution in [0.25, 0.3) is 0 Å². The third-order valence-electron chi connectivity index (χ3n) is 5.56. The predicted molar refractivity (Wildman–Crippen MR) is 94.7 cm³/mol. The third kappa shape index (κ3) is 3.53. The summed E-state index contributed by atoms with van der Waals surface area (Å²) in [4.78, 5) is 42.0. The lowest BCUT2D eigenvalue weighted by atomic mass is 9.81. The Balaban J connectivity index is 1.13. The zero-order valence-corrected chi connectivity index (χ0v) is 15.0. The molecule has 0 spiro atoms. The number of fused-ring (bicyclic) bond motifs is 5. The van der Waals surface area contributed by atoms with Gasteiger partial charge in [0.2, 0.25) is 11.8 Å². The molecule has 2 bridgehead atoms. The molecule has 144 valence electrons. The highest BCUT2D eigenvalue weighted by Crippen LogP contribution is 2.48. The van der Waals surface area contributed by atoms with Crippen LogP contribution in [0.1, 0.15) is 32.1 Å². The Morgan fingerprint density at radius 3 is 2.44 bits per heavy atom. The summed E-state index contributed by atoms with van der Waals surface area (Å²) in [6, 6.07) is 3.36. The Bertz CT molecular complexity index is 697. The van der Waals surface area contributed by atoms with Gasteiger partial charge in [0.25, 0.3) is 0 Å². The first-order chi connectivity index (χ1) is 13.1. The zero-order chi connectivity index (χ0) is 18.8. The number of carbonyl (C=O) groups excluding carboxylic acids is 3. The number of amides is 3. The SMILES string of the molecule is O=C(Nc1ccncc1)OCCCCCN1C(=O)C2C3CCC(O3)C2C1=O. The summed E-state index contributed by atoms with van der Waals surface area (Å²) in [5.74, 6) is -0.636. The zero-order valence-electron chi connectivity index (χ0n) is 15.0. The van der Waals surface area contributed by atoms with Gasteiger partial charge in [-0.25, -0.2) is 4.79 Å². The fourth-order valence-corrected chi connectivity index (χ4v) is 4.30. The molecule has 3 amide bonds. The second-order valence-corrected chi connectivity index (χ2v) is 7.23. The molecule has 0 aliphatic carbocycles. The van der Waals surface area contributed by atoms with Crippen LogP contribution in [0.3, 0.4) is 0 Å². The van der Waals surface area contributed by atoms with Crippen LogP contribution >= 0.6 is 0 Å². The highest BCUT2D eigenvalue weighted by atomic mass is 16.5. The normalized spacial score (nSPS) is 28.5. The van der Waals surface area contributed by atoms with Crippen LogP contribution in [0.5, 0.6) is 0 Å². The Kier molecular flexibility index (Phi) is 5.07. The molecule has 4 heterocycles. The van der Waals surface area contributed by atoms with Crippen LogP contribution in [0.15, 0.2) is 24.5 Å². The standard InChI is InChI=1S/C19H23N3O5/c23-17-15-13-4-5-14(27-13)16(15)18(24)22(17)10-2-1-3-11-26-19(25)21-12-6-8-20-9-7-12/h6-9,13-16H,1-5,10-11H2,(H,20,21,25). The molecule has 4 atom stereocenters. The van der Waals surface area contributed by atoms with Crippen LogP contribution in [-0.4, -0.2) is 53.2 Å². The summed E-state index contributed by atoms with van der Waals surface area (Å²) in [7, 11) is 0. The van der Waals surface area contributed by atoms with Gasteiger partial charge in [-0.2, -0.15) is 0 Å². The Hall–Kier alpha value is -2.48. The number of hydrogen-bond donors (Lipinski definition) is 1. The van der Waals surface area contributed by atoms with Crippen molar-refractivity contribution < 1.29 is 23.9 Å². The first-order valence-corrected chi connectivity index (χ1v) is 9.49. The summed E-state index contributed by atoms with van der Waals surface area (Å²) in [6.07, 6.45) is 6.48. The van der Waals surface area contributed by atoms with Crippen molar-refractivity contribution in [1.29, 1.82) is 0 Å². The topological polar surface area (TPSA) is 97.8 Å². The van der Waals surface area contributed by atoms with Gasteiger partial charge in [0.1, 0.15) is 0 Å². The molecule has 1 N–H and O–H groups in total. The van der Waals surface area contributed by atoms with Crippen molar-refractivity contribution in [2.24, 2.45) is 11.8 Å². The molecule has 3 aliphatic heterocycles. The first kappa shape index (κ1) is 17.9. The fourth-order valence-electron chi connectivity index (χ4n) is 4.30. The maximum Gasteiger partial charge on any atom is 0.411 e. The van der Waals surface area contributed by atoms with Crippen molar-refractivity contribution in [3.05, 3.63) is 24.5 Å². The summed E-state index contributed by atoms with van der Waals surface area (Å²) < 4.78 is 10.8. The van der Waals surface area contributed by atoms with Crippen molar-refractivity contribution >= 4 is 23.6 Å². The second-order valence-electron chi connectivity index (χ2n) is 7.23. The van der Waals surface area contributed by atoms with Gasteiger partial charge in [-0.1, -0.05) is 0 Å². The van der Waals surface area contributed by atoms with E-state index >= 15 is 0 Å². The van der Waals surface area contributed by atoms with E-state index < -0.39 is 6.09 Å². The largest absolute Gasteiger partial charge is 0.449 e. The van der Waals surface area contributed by atoms with E-state index in [1.165, 1.54) is 4.90 Å².